The van der Waals surface area contributed by atoms with Gasteiger partial charge in [-0.15, -0.1) is 0 Å². The minimum absolute atomic E-state index is 0.188. The Morgan fingerprint density at radius 1 is 0.643 bits per heavy atom. The summed E-state index contributed by atoms with van der Waals surface area (Å²) in [5, 5.41) is 10.6. The van der Waals surface area contributed by atoms with Crippen molar-refractivity contribution in [1.29, 1.82) is 5.26 Å². The molecule has 0 heterocycles. The molecule has 0 bridgehead atoms. The zero-order valence-electron chi connectivity index (χ0n) is 20.6. The van der Waals surface area contributed by atoms with Crippen molar-refractivity contribution >= 4 is 46.6 Å². The number of rotatable bonds is 8. The Morgan fingerprint density at radius 2 is 0.964 bits per heavy atom. The number of hydrogen-bond donors (Lipinski definition) is 0. The zero-order valence-corrected chi connectivity index (χ0v) is 26.7. The fourth-order valence-electron chi connectivity index (χ4n) is 6.09. The normalized spacial score (nSPS) is 15.2. The van der Waals surface area contributed by atoms with E-state index in [1.54, 1.807) is 0 Å². The molecule has 0 saturated heterocycles. The first-order valence-corrected chi connectivity index (χ1v) is 28.7. The molecule has 1 unspecified atom stereocenters. The van der Waals surface area contributed by atoms with Gasteiger partial charge >= 0.3 is 185 Å². The summed E-state index contributed by atoms with van der Waals surface area (Å²) in [4.78, 5) is 0. The molecule has 157 valence electrons. The van der Waals surface area contributed by atoms with E-state index in [-0.39, 0.29) is 4.75 Å². The maximum atomic E-state index is 10.6. The van der Waals surface area contributed by atoms with Crippen LogP contribution in [-0.2, 0) is 0 Å². The topological polar surface area (TPSA) is 23.8 Å². The molecule has 0 N–H and O–H groups in total. The molecule has 6 heteroatoms. The van der Waals surface area contributed by atoms with Gasteiger partial charge in [0.2, 0.25) is 0 Å². The summed E-state index contributed by atoms with van der Waals surface area (Å²) in [6, 6.07) is 13.8. The van der Waals surface area contributed by atoms with Gasteiger partial charge in [0, 0.05) is 0 Å². The molecule has 1 nitrogen and oxygen atoms in total. The molecule has 1 aromatic rings. The summed E-state index contributed by atoms with van der Waals surface area (Å²) in [6.07, 6.45) is 0. The van der Waals surface area contributed by atoms with Gasteiger partial charge in [-0.05, 0) is 0 Å². The van der Waals surface area contributed by atoms with E-state index < -0.39 is 46.6 Å². The SMILES string of the molecule is C[Si](C)(C)[CH]([Ge]([CH](C#N)c1ccccc1)[CH]([Si](C)(C)C)[Si](C)(C)C)[Si](C)(C)C. The molecule has 1 atom stereocenters. The number of nitriles is 1. The molecule has 0 saturated carbocycles. The van der Waals surface area contributed by atoms with Crippen LogP contribution in [0.2, 0.25) is 86.6 Å². The fraction of sp³-hybridized carbons (Fsp3) is 0.682. The monoisotopic (exact) mass is 508 g/mol. The first-order valence-electron chi connectivity index (χ1n) is 10.7. The van der Waals surface area contributed by atoms with Crippen molar-refractivity contribution in [3.05, 3.63) is 35.9 Å². The maximum absolute atomic E-state index is 10.6. The zero-order chi connectivity index (χ0) is 22.1. The summed E-state index contributed by atoms with van der Waals surface area (Å²) < 4.78 is 2.01. The van der Waals surface area contributed by atoms with Gasteiger partial charge in [0.05, 0.1) is 0 Å². The Hall–Kier alpha value is 0.120. The number of hydrogen-bond acceptors (Lipinski definition) is 1. The van der Waals surface area contributed by atoms with E-state index in [0.717, 1.165) is 7.99 Å². The van der Waals surface area contributed by atoms with Gasteiger partial charge in [-0.1, -0.05) is 0 Å². The van der Waals surface area contributed by atoms with Crippen LogP contribution in [0.25, 0.3) is 0 Å². The van der Waals surface area contributed by atoms with Crippen LogP contribution in [0.3, 0.4) is 0 Å². The molecule has 1 aromatic carbocycles. The Morgan fingerprint density at radius 3 is 1.21 bits per heavy atom. The molecule has 0 amide bonds. The van der Waals surface area contributed by atoms with E-state index in [9.17, 15) is 5.26 Å². The summed E-state index contributed by atoms with van der Waals surface area (Å²) >= 11 is -1.80. The van der Waals surface area contributed by atoms with E-state index in [4.69, 9.17) is 0 Å². The van der Waals surface area contributed by atoms with E-state index in [1.165, 1.54) is 5.56 Å². The second kappa shape index (κ2) is 9.09. The Balaban J connectivity index is 3.87. The van der Waals surface area contributed by atoms with Gasteiger partial charge < -0.3 is 0 Å². The molecule has 0 aliphatic rings. The predicted molar refractivity (Wildman–Crippen MR) is 141 cm³/mol. The first-order chi connectivity index (χ1) is 12.4. The van der Waals surface area contributed by atoms with E-state index in [1.807, 2.05) is 0 Å². The quantitative estimate of drug-likeness (QED) is 0.333. The second-order valence-electron chi connectivity index (χ2n) is 12.8. The molecule has 0 aromatic heterocycles. The van der Waals surface area contributed by atoms with Crippen LogP contribution in [0.4, 0.5) is 0 Å². The molecular formula is C22H44GeNSi4. The average molecular weight is 508 g/mol. The standard InChI is InChI=1S/C22H44GeNSi4/c1-25(2,3)21(26(4,5)6)23(22(27(7,8)9)28(10,11)12)20(18-24)19-16-14-13-15-17-19/h13-17,20-22H,1-12H3. The third-order valence-electron chi connectivity index (χ3n) is 5.73. The Labute approximate surface area is 184 Å². The van der Waals surface area contributed by atoms with E-state index in [2.05, 4.69) is 115 Å². The molecule has 28 heavy (non-hydrogen) atoms. The summed E-state index contributed by atoms with van der Waals surface area (Å²) in [6.45, 7) is 31.3. The van der Waals surface area contributed by atoms with Crippen molar-refractivity contribution in [2.24, 2.45) is 0 Å². The summed E-state index contributed by atoms with van der Waals surface area (Å²) in [7, 11) is -5.55. The van der Waals surface area contributed by atoms with Gasteiger partial charge in [0.25, 0.3) is 0 Å². The van der Waals surface area contributed by atoms with Crippen LogP contribution in [0, 0.1) is 11.3 Å². The molecule has 1 rings (SSSR count). The molecule has 0 fully saturated rings. The first kappa shape index (κ1) is 26.2. The van der Waals surface area contributed by atoms with Crippen LogP contribution in [0.1, 0.15) is 10.3 Å². The van der Waals surface area contributed by atoms with Crippen molar-refractivity contribution in [3.63, 3.8) is 0 Å². The van der Waals surface area contributed by atoms with Crippen LogP contribution in [0.15, 0.2) is 30.3 Å². The molecule has 0 aliphatic heterocycles. The van der Waals surface area contributed by atoms with Crippen LogP contribution < -0.4 is 0 Å². The van der Waals surface area contributed by atoms with Crippen molar-refractivity contribution in [2.45, 2.75) is 91.3 Å². The van der Waals surface area contributed by atoms with Crippen LogP contribution in [-0.4, -0.2) is 46.6 Å². The molecule has 0 aliphatic carbocycles. The van der Waals surface area contributed by atoms with Crippen molar-refractivity contribution in [1.82, 2.24) is 0 Å². The van der Waals surface area contributed by atoms with Crippen molar-refractivity contribution in [3.8, 4) is 6.07 Å². The minimum atomic E-state index is -1.80. The number of nitrogens with zero attached hydrogens (tertiary/aromatic N) is 1. The van der Waals surface area contributed by atoms with Gasteiger partial charge in [0.15, 0.2) is 0 Å². The van der Waals surface area contributed by atoms with Gasteiger partial charge in [-0.2, -0.15) is 0 Å². The van der Waals surface area contributed by atoms with Crippen LogP contribution >= 0.6 is 0 Å². The van der Waals surface area contributed by atoms with E-state index in [0.29, 0.717) is 0 Å². The molecule has 0 spiro atoms. The second-order valence-corrected chi connectivity index (χ2v) is 45.8. The third-order valence-corrected chi connectivity index (χ3v) is 56.9. The van der Waals surface area contributed by atoms with Crippen molar-refractivity contribution in [2.75, 3.05) is 0 Å². The predicted octanol–water partition coefficient (Wildman–Crippen LogP) is 7.58. The van der Waals surface area contributed by atoms with Gasteiger partial charge in [0.1, 0.15) is 0 Å². The molecular weight excluding hydrogens is 463 g/mol. The van der Waals surface area contributed by atoms with Crippen molar-refractivity contribution < 1.29 is 0 Å². The summed E-state index contributed by atoms with van der Waals surface area (Å²) in [5.41, 5.74) is 1.32. The van der Waals surface area contributed by atoms with Crippen LogP contribution in [0.5, 0.6) is 0 Å². The molecule has 1 radical (unpaired) electrons. The Kier molecular flexibility index (Phi) is 8.49. The average Bonchev–Trinajstić information content (AvgIpc) is 2.42. The van der Waals surface area contributed by atoms with Gasteiger partial charge in [-0.3, -0.25) is 0 Å². The fourth-order valence-corrected chi connectivity index (χ4v) is 70.1. The Bertz CT molecular complexity index is 612. The summed E-state index contributed by atoms with van der Waals surface area (Å²) in [5.74, 6) is 0. The van der Waals surface area contributed by atoms with E-state index >= 15 is 0 Å². The third kappa shape index (κ3) is 6.56. The number of benzene rings is 1. The van der Waals surface area contributed by atoms with Gasteiger partial charge in [-0.25, -0.2) is 0 Å².